The Morgan fingerprint density at radius 3 is 2.30 bits per heavy atom. The molecule has 1 aromatic carbocycles. The molecule has 0 saturated carbocycles. The van der Waals surface area contributed by atoms with Gasteiger partial charge in [-0.1, -0.05) is 26.0 Å². The minimum Gasteiger partial charge on any atom is -0.490 e. The molecular formula is C14H18F2O6S. The summed E-state index contributed by atoms with van der Waals surface area (Å²) in [6.07, 6.45) is 0.984. The van der Waals surface area contributed by atoms with Crippen LogP contribution in [-0.4, -0.2) is 37.4 Å². The first-order chi connectivity index (χ1) is 10.6. The van der Waals surface area contributed by atoms with Gasteiger partial charge in [0, 0.05) is 0 Å². The molecule has 0 aliphatic rings. The SMILES string of the molecule is CCC(C)c1ccc(OCCOC(=O)C(F)(F)S(=O)(=O)O)cc1. The summed E-state index contributed by atoms with van der Waals surface area (Å²) in [6.45, 7) is 3.31. The normalized spacial score (nSPS) is 13.4. The van der Waals surface area contributed by atoms with Crippen molar-refractivity contribution in [1.82, 2.24) is 0 Å². The average Bonchev–Trinajstić information content (AvgIpc) is 2.50. The van der Waals surface area contributed by atoms with E-state index in [2.05, 4.69) is 18.6 Å². The minimum absolute atomic E-state index is 0.240. The van der Waals surface area contributed by atoms with Crippen LogP contribution in [0.5, 0.6) is 5.75 Å². The topological polar surface area (TPSA) is 89.9 Å². The molecule has 0 aliphatic heterocycles. The number of rotatable bonds is 8. The Morgan fingerprint density at radius 2 is 1.83 bits per heavy atom. The van der Waals surface area contributed by atoms with Crippen molar-refractivity contribution in [2.75, 3.05) is 13.2 Å². The van der Waals surface area contributed by atoms with Crippen LogP contribution >= 0.6 is 0 Å². The molecule has 0 aliphatic carbocycles. The van der Waals surface area contributed by atoms with E-state index in [1.807, 2.05) is 12.1 Å². The summed E-state index contributed by atoms with van der Waals surface area (Å²) in [7, 11) is -5.86. The third kappa shape index (κ3) is 5.14. The number of carbonyl (C=O) groups excluding carboxylic acids is 1. The Kier molecular flexibility index (Phi) is 6.46. The van der Waals surface area contributed by atoms with Gasteiger partial charge in [-0.25, -0.2) is 4.79 Å². The molecule has 0 spiro atoms. The first-order valence-electron chi connectivity index (χ1n) is 6.84. The fourth-order valence-electron chi connectivity index (χ4n) is 1.61. The minimum atomic E-state index is -5.86. The predicted octanol–water partition coefficient (Wildman–Crippen LogP) is 2.60. The largest absolute Gasteiger partial charge is 0.490 e. The number of benzene rings is 1. The monoisotopic (exact) mass is 352 g/mol. The number of hydrogen-bond acceptors (Lipinski definition) is 5. The highest BCUT2D eigenvalue weighted by Gasteiger charge is 2.54. The lowest BCUT2D eigenvalue weighted by Gasteiger charge is -2.13. The van der Waals surface area contributed by atoms with Crippen LogP contribution in [0.25, 0.3) is 0 Å². The van der Waals surface area contributed by atoms with Gasteiger partial charge >= 0.3 is 21.3 Å². The zero-order valence-electron chi connectivity index (χ0n) is 12.7. The fourth-order valence-corrected chi connectivity index (χ4v) is 1.88. The summed E-state index contributed by atoms with van der Waals surface area (Å²) in [5.74, 6) is -1.50. The lowest BCUT2D eigenvalue weighted by Crippen LogP contribution is -2.39. The van der Waals surface area contributed by atoms with Crippen LogP contribution in [0.3, 0.4) is 0 Å². The number of alkyl halides is 2. The van der Waals surface area contributed by atoms with Crippen molar-refractivity contribution in [3.05, 3.63) is 29.8 Å². The van der Waals surface area contributed by atoms with Crippen LogP contribution in [0.2, 0.25) is 0 Å². The number of carbonyl (C=O) groups is 1. The average molecular weight is 352 g/mol. The molecule has 1 unspecified atom stereocenters. The second-order valence-corrected chi connectivity index (χ2v) is 6.32. The van der Waals surface area contributed by atoms with Gasteiger partial charge in [0.25, 0.3) is 0 Å². The molecule has 0 saturated heterocycles. The lowest BCUT2D eigenvalue weighted by molar-refractivity contribution is -0.162. The van der Waals surface area contributed by atoms with Gasteiger partial charge in [-0.2, -0.15) is 17.2 Å². The van der Waals surface area contributed by atoms with E-state index >= 15 is 0 Å². The van der Waals surface area contributed by atoms with E-state index in [-0.39, 0.29) is 6.61 Å². The molecule has 1 atom stereocenters. The van der Waals surface area contributed by atoms with Gasteiger partial charge in [0.2, 0.25) is 0 Å². The van der Waals surface area contributed by atoms with Crippen LogP contribution in [0.1, 0.15) is 31.7 Å². The Hall–Kier alpha value is -1.74. The molecule has 0 fully saturated rings. The summed E-state index contributed by atoms with van der Waals surface area (Å²) in [4.78, 5) is 10.9. The van der Waals surface area contributed by atoms with Gasteiger partial charge in [-0.05, 0) is 30.0 Å². The van der Waals surface area contributed by atoms with Gasteiger partial charge in [0.15, 0.2) is 0 Å². The summed E-state index contributed by atoms with van der Waals surface area (Å²) in [5.41, 5.74) is 1.12. The molecule has 0 aromatic heterocycles. The molecule has 1 rings (SSSR count). The highest BCUT2D eigenvalue weighted by atomic mass is 32.2. The molecule has 0 radical (unpaired) electrons. The summed E-state index contributed by atoms with van der Waals surface area (Å²) < 4.78 is 63.9. The van der Waals surface area contributed by atoms with Crippen molar-refractivity contribution in [2.45, 2.75) is 31.4 Å². The summed E-state index contributed by atoms with van der Waals surface area (Å²) in [6, 6.07) is 7.11. The van der Waals surface area contributed by atoms with E-state index in [9.17, 15) is 22.0 Å². The lowest BCUT2D eigenvalue weighted by atomic mass is 9.99. The molecule has 0 bridgehead atoms. The molecule has 0 amide bonds. The number of hydrogen-bond donors (Lipinski definition) is 1. The predicted molar refractivity (Wildman–Crippen MR) is 78.1 cm³/mol. The van der Waals surface area contributed by atoms with E-state index in [0.29, 0.717) is 11.7 Å². The third-order valence-electron chi connectivity index (χ3n) is 3.21. The van der Waals surface area contributed by atoms with Crippen molar-refractivity contribution < 1.29 is 36.0 Å². The molecule has 0 heterocycles. The second kappa shape index (κ2) is 7.69. The van der Waals surface area contributed by atoms with E-state index in [0.717, 1.165) is 12.0 Å². The van der Waals surface area contributed by atoms with Crippen molar-refractivity contribution in [3.63, 3.8) is 0 Å². The van der Waals surface area contributed by atoms with Crippen LogP contribution in [0.15, 0.2) is 24.3 Å². The number of ether oxygens (including phenoxy) is 2. The van der Waals surface area contributed by atoms with Gasteiger partial charge in [0.05, 0.1) is 0 Å². The van der Waals surface area contributed by atoms with Crippen LogP contribution < -0.4 is 4.74 Å². The maximum Gasteiger partial charge on any atom is 0.465 e. The summed E-state index contributed by atoms with van der Waals surface area (Å²) in [5, 5.41) is -5.00. The van der Waals surface area contributed by atoms with Crippen LogP contribution in [0, 0.1) is 0 Å². The van der Waals surface area contributed by atoms with Crippen LogP contribution in [0.4, 0.5) is 8.78 Å². The zero-order chi connectivity index (χ0) is 17.7. The van der Waals surface area contributed by atoms with E-state index in [1.54, 1.807) is 12.1 Å². The maximum absolute atomic E-state index is 12.9. The van der Waals surface area contributed by atoms with Crippen molar-refractivity contribution in [3.8, 4) is 5.75 Å². The second-order valence-electron chi connectivity index (χ2n) is 4.85. The van der Waals surface area contributed by atoms with Gasteiger partial charge in [-0.15, -0.1) is 0 Å². The molecule has 1 aromatic rings. The zero-order valence-corrected chi connectivity index (χ0v) is 13.5. The molecule has 9 heteroatoms. The number of halogens is 2. The highest BCUT2D eigenvalue weighted by Crippen LogP contribution is 2.23. The van der Waals surface area contributed by atoms with Crippen LogP contribution in [-0.2, 0) is 19.6 Å². The standard InChI is InChI=1S/C14H18F2O6S/c1-3-10(2)11-4-6-12(7-5-11)21-8-9-22-13(17)14(15,16)23(18,19)20/h4-7,10H,3,8-9H2,1-2H3,(H,18,19,20). The Bertz CT molecular complexity index is 627. The molecule has 23 heavy (non-hydrogen) atoms. The van der Waals surface area contributed by atoms with Gasteiger partial charge in [0.1, 0.15) is 19.0 Å². The Morgan fingerprint density at radius 1 is 1.26 bits per heavy atom. The number of esters is 1. The first-order valence-corrected chi connectivity index (χ1v) is 8.28. The van der Waals surface area contributed by atoms with E-state index in [4.69, 9.17) is 9.29 Å². The van der Waals surface area contributed by atoms with Gasteiger partial charge < -0.3 is 9.47 Å². The van der Waals surface area contributed by atoms with Crippen molar-refractivity contribution in [1.29, 1.82) is 0 Å². The van der Waals surface area contributed by atoms with Crippen molar-refractivity contribution in [2.24, 2.45) is 0 Å². The highest BCUT2D eigenvalue weighted by molar-refractivity contribution is 7.87. The van der Waals surface area contributed by atoms with E-state index in [1.165, 1.54) is 0 Å². The Labute approximate surface area is 133 Å². The Balaban J connectivity index is 2.45. The maximum atomic E-state index is 12.9. The molecule has 130 valence electrons. The smallest absolute Gasteiger partial charge is 0.465 e. The van der Waals surface area contributed by atoms with Gasteiger partial charge in [-0.3, -0.25) is 4.55 Å². The molecule has 6 nitrogen and oxygen atoms in total. The molecular weight excluding hydrogens is 334 g/mol. The fraction of sp³-hybridized carbons (Fsp3) is 0.500. The first kappa shape index (κ1) is 19.3. The molecule has 1 N–H and O–H groups in total. The quantitative estimate of drug-likeness (QED) is 0.439. The summed E-state index contributed by atoms with van der Waals surface area (Å²) >= 11 is 0. The van der Waals surface area contributed by atoms with E-state index < -0.39 is 27.9 Å². The third-order valence-corrected chi connectivity index (χ3v) is 4.02. The van der Waals surface area contributed by atoms with Crippen molar-refractivity contribution >= 4 is 16.1 Å².